The summed E-state index contributed by atoms with van der Waals surface area (Å²) in [4.78, 5) is 31.7. The molecule has 1 amide bonds. The molecule has 3 rings (SSSR count). The number of carbonyl (C=O) groups is 2. The Labute approximate surface area is 164 Å². The fourth-order valence-corrected chi connectivity index (χ4v) is 4.02. The molecular weight excluding hydrogens is 370 g/mol. The van der Waals surface area contributed by atoms with Gasteiger partial charge in [0.2, 0.25) is 0 Å². The van der Waals surface area contributed by atoms with Crippen LogP contribution in [0.2, 0.25) is 0 Å². The highest BCUT2D eigenvalue weighted by molar-refractivity contribution is 7.12. The summed E-state index contributed by atoms with van der Waals surface area (Å²) in [6, 6.07) is 7.68. The van der Waals surface area contributed by atoms with Crippen LogP contribution in [0.3, 0.4) is 0 Å². The molecule has 140 valence electrons. The molecule has 1 saturated heterocycles. The molecule has 0 radical (unpaired) electrons. The van der Waals surface area contributed by atoms with Gasteiger partial charge in [-0.25, -0.2) is 0 Å². The van der Waals surface area contributed by atoms with Crippen LogP contribution in [0.1, 0.15) is 51.9 Å². The molecule has 0 aliphatic carbocycles. The van der Waals surface area contributed by atoms with E-state index in [0.717, 1.165) is 38.0 Å². The molecule has 7 heteroatoms. The lowest BCUT2D eigenvalue weighted by Gasteiger charge is -2.30. The first-order chi connectivity index (χ1) is 12.1. The molecular formula is C19H24ClN3O2S. The molecule has 1 atom stereocenters. The number of hydrogen-bond donors (Lipinski definition) is 1. The van der Waals surface area contributed by atoms with Crippen molar-refractivity contribution in [1.29, 1.82) is 0 Å². The predicted molar refractivity (Wildman–Crippen MR) is 106 cm³/mol. The maximum Gasteiger partial charge on any atom is 0.264 e. The number of pyridine rings is 1. The third-order valence-electron chi connectivity index (χ3n) is 4.52. The predicted octanol–water partition coefficient (Wildman–Crippen LogP) is 3.55. The lowest BCUT2D eigenvalue weighted by molar-refractivity contribution is 0.0647. The molecule has 1 N–H and O–H groups in total. The van der Waals surface area contributed by atoms with E-state index >= 15 is 0 Å². The number of carbonyl (C=O) groups excluding carboxylic acids is 2. The first-order valence-corrected chi connectivity index (χ1v) is 9.54. The van der Waals surface area contributed by atoms with Crippen LogP contribution in [-0.4, -0.2) is 40.7 Å². The molecule has 1 aliphatic rings. The fraction of sp³-hybridized carbons (Fsp3) is 0.421. The fourth-order valence-electron chi connectivity index (χ4n) is 3.12. The highest BCUT2D eigenvalue weighted by Gasteiger charge is 2.27. The molecule has 2 aromatic heterocycles. The first kappa shape index (κ1) is 20.6. The number of rotatable bonds is 5. The Kier molecular flexibility index (Phi) is 7.75. The minimum absolute atomic E-state index is 0. The van der Waals surface area contributed by atoms with Gasteiger partial charge in [-0.15, -0.1) is 23.7 Å². The number of Topliss-reactive ketones (excluding diaryl/α,β-unsaturated/α-hetero) is 1. The van der Waals surface area contributed by atoms with E-state index in [1.165, 1.54) is 18.3 Å². The Morgan fingerprint density at radius 1 is 1.31 bits per heavy atom. The van der Waals surface area contributed by atoms with E-state index in [2.05, 4.69) is 10.3 Å². The van der Waals surface area contributed by atoms with Gasteiger partial charge in [-0.1, -0.05) is 6.07 Å². The Morgan fingerprint density at radius 3 is 2.85 bits per heavy atom. The Morgan fingerprint density at radius 2 is 2.15 bits per heavy atom. The van der Waals surface area contributed by atoms with Crippen LogP contribution in [0.25, 0.3) is 0 Å². The van der Waals surface area contributed by atoms with E-state index < -0.39 is 0 Å². The molecule has 5 nitrogen and oxygen atoms in total. The maximum atomic E-state index is 13.2. The number of thiophene rings is 1. The first-order valence-electron chi connectivity index (χ1n) is 8.66. The zero-order valence-corrected chi connectivity index (χ0v) is 16.4. The van der Waals surface area contributed by atoms with Crippen molar-refractivity contribution < 1.29 is 9.59 Å². The lowest BCUT2D eigenvalue weighted by atomic mass is 10.1. The second kappa shape index (κ2) is 9.80. The molecule has 0 saturated carbocycles. The Balaban J connectivity index is 0.00000243. The van der Waals surface area contributed by atoms with E-state index in [4.69, 9.17) is 0 Å². The second-order valence-electron chi connectivity index (χ2n) is 6.34. The zero-order valence-electron chi connectivity index (χ0n) is 14.8. The minimum atomic E-state index is -0.00903. The topological polar surface area (TPSA) is 62.3 Å². The molecule has 26 heavy (non-hydrogen) atoms. The van der Waals surface area contributed by atoms with Gasteiger partial charge in [0.15, 0.2) is 5.78 Å². The quantitative estimate of drug-likeness (QED) is 0.789. The molecule has 1 unspecified atom stereocenters. The maximum absolute atomic E-state index is 13.2. The number of nitrogens with one attached hydrogen (secondary N) is 1. The van der Waals surface area contributed by atoms with E-state index in [1.54, 1.807) is 17.6 Å². The van der Waals surface area contributed by atoms with Gasteiger partial charge in [-0.3, -0.25) is 14.6 Å². The highest BCUT2D eigenvalue weighted by Crippen LogP contribution is 2.23. The Bertz CT molecular complexity index is 727. The van der Waals surface area contributed by atoms with Crippen molar-refractivity contribution in [2.45, 2.75) is 38.8 Å². The van der Waals surface area contributed by atoms with Crippen LogP contribution in [0, 0.1) is 0 Å². The van der Waals surface area contributed by atoms with Crippen LogP contribution in [0.15, 0.2) is 35.8 Å². The van der Waals surface area contributed by atoms with Gasteiger partial charge in [-0.05, 0) is 57.5 Å². The van der Waals surface area contributed by atoms with Gasteiger partial charge in [-0.2, -0.15) is 0 Å². The van der Waals surface area contributed by atoms with Crippen LogP contribution in [0.5, 0.6) is 0 Å². The average molecular weight is 394 g/mol. The summed E-state index contributed by atoms with van der Waals surface area (Å²) < 4.78 is 0. The third kappa shape index (κ3) is 5.13. The van der Waals surface area contributed by atoms with Crippen molar-refractivity contribution in [3.63, 3.8) is 0 Å². The van der Waals surface area contributed by atoms with Crippen molar-refractivity contribution >= 4 is 35.4 Å². The summed E-state index contributed by atoms with van der Waals surface area (Å²) >= 11 is 1.35. The van der Waals surface area contributed by atoms with Gasteiger partial charge in [0.1, 0.15) is 0 Å². The van der Waals surface area contributed by atoms with Crippen molar-refractivity contribution in [3.05, 3.63) is 52.0 Å². The standard InChI is InChI=1S/C19H23N3O2S.ClH/c1-14(23)15-11-18(25-13-15)19(24)22(12-16-5-2-3-9-21-16)17-6-4-8-20-10-7-17;/h2-3,5,9,11,13,17,20H,4,6-8,10,12H2,1H3;1H. The third-order valence-corrected chi connectivity index (χ3v) is 5.44. The molecule has 3 heterocycles. The highest BCUT2D eigenvalue weighted by atomic mass is 35.5. The summed E-state index contributed by atoms with van der Waals surface area (Å²) in [6.45, 7) is 3.94. The number of nitrogens with zero attached hydrogens (tertiary/aromatic N) is 2. The number of halogens is 1. The molecule has 0 aromatic carbocycles. The number of ketones is 1. The van der Waals surface area contributed by atoms with E-state index in [-0.39, 0.29) is 30.1 Å². The molecule has 1 fully saturated rings. The monoisotopic (exact) mass is 393 g/mol. The van der Waals surface area contributed by atoms with Crippen molar-refractivity contribution in [3.8, 4) is 0 Å². The van der Waals surface area contributed by atoms with Gasteiger partial charge < -0.3 is 10.2 Å². The molecule has 0 bridgehead atoms. The van der Waals surface area contributed by atoms with Crippen molar-refractivity contribution in [2.24, 2.45) is 0 Å². The summed E-state index contributed by atoms with van der Waals surface area (Å²) in [5.41, 5.74) is 1.49. The Hall–Kier alpha value is -1.76. The van der Waals surface area contributed by atoms with Crippen molar-refractivity contribution in [2.75, 3.05) is 13.1 Å². The number of aromatic nitrogens is 1. The number of amides is 1. The zero-order chi connectivity index (χ0) is 17.6. The van der Waals surface area contributed by atoms with Crippen LogP contribution in [-0.2, 0) is 6.54 Å². The SMILES string of the molecule is CC(=O)c1csc(C(=O)N(Cc2ccccn2)C2CCCNCC2)c1.Cl. The normalized spacial score (nSPS) is 17.0. The van der Waals surface area contributed by atoms with Gasteiger partial charge >= 0.3 is 0 Å². The molecule has 2 aromatic rings. The van der Waals surface area contributed by atoms with Crippen molar-refractivity contribution in [1.82, 2.24) is 15.2 Å². The lowest BCUT2D eigenvalue weighted by Crippen LogP contribution is -2.40. The smallest absolute Gasteiger partial charge is 0.264 e. The van der Waals surface area contributed by atoms with E-state index in [9.17, 15) is 9.59 Å². The van der Waals surface area contributed by atoms with Gasteiger partial charge in [0.25, 0.3) is 5.91 Å². The average Bonchev–Trinajstić information content (AvgIpc) is 2.97. The minimum Gasteiger partial charge on any atom is -0.329 e. The largest absolute Gasteiger partial charge is 0.329 e. The summed E-state index contributed by atoms with van der Waals surface area (Å²) in [5, 5.41) is 5.17. The summed E-state index contributed by atoms with van der Waals surface area (Å²) in [6.07, 6.45) is 4.73. The van der Waals surface area contributed by atoms with Crippen LogP contribution >= 0.6 is 23.7 Å². The molecule has 0 spiro atoms. The van der Waals surface area contributed by atoms with Gasteiger partial charge in [0.05, 0.1) is 17.1 Å². The van der Waals surface area contributed by atoms with Crippen LogP contribution < -0.4 is 5.32 Å². The summed E-state index contributed by atoms with van der Waals surface area (Å²) in [5.74, 6) is -0.0136. The van der Waals surface area contributed by atoms with Gasteiger partial charge in [0, 0.05) is 23.2 Å². The van der Waals surface area contributed by atoms with Crippen LogP contribution in [0.4, 0.5) is 0 Å². The van der Waals surface area contributed by atoms with E-state index in [1.807, 2.05) is 23.1 Å². The number of hydrogen-bond acceptors (Lipinski definition) is 5. The second-order valence-corrected chi connectivity index (χ2v) is 7.26. The summed E-state index contributed by atoms with van der Waals surface area (Å²) in [7, 11) is 0. The molecule has 1 aliphatic heterocycles. The van der Waals surface area contributed by atoms with E-state index in [0.29, 0.717) is 17.0 Å².